The molecule has 2 aromatic carbocycles. The number of hydrogen-bond donors (Lipinski definition) is 1. The Kier molecular flexibility index (Phi) is 3.93. The second-order valence-corrected chi connectivity index (χ2v) is 6.00. The average molecular weight is 282 g/mol. The quantitative estimate of drug-likeness (QED) is 0.916. The van der Waals surface area contributed by atoms with E-state index in [1.165, 1.54) is 23.6 Å². The van der Waals surface area contributed by atoms with Crippen molar-refractivity contribution >= 4 is 16.7 Å². The number of benzene rings is 2. The molecular formula is C18H22N2O. The maximum absolute atomic E-state index is 12.5. The molecule has 1 aliphatic carbocycles. The van der Waals surface area contributed by atoms with Crippen LogP contribution in [0.1, 0.15) is 18.4 Å². The van der Waals surface area contributed by atoms with Crippen molar-refractivity contribution in [1.82, 2.24) is 4.90 Å². The van der Waals surface area contributed by atoms with Crippen LogP contribution >= 0.6 is 0 Å². The molecular weight excluding hydrogens is 260 g/mol. The summed E-state index contributed by atoms with van der Waals surface area (Å²) < 4.78 is 0. The van der Waals surface area contributed by atoms with Gasteiger partial charge in [-0.2, -0.15) is 0 Å². The summed E-state index contributed by atoms with van der Waals surface area (Å²) in [4.78, 5) is 14.3. The summed E-state index contributed by atoms with van der Waals surface area (Å²) in [5, 5.41) is 2.39. The molecule has 2 aromatic rings. The number of likely N-dealkylation sites (N-methyl/N-ethyl adjacent to an activating group) is 1. The molecule has 21 heavy (non-hydrogen) atoms. The Hall–Kier alpha value is -1.87. The van der Waals surface area contributed by atoms with E-state index in [0.717, 1.165) is 5.56 Å². The second kappa shape index (κ2) is 5.86. The van der Waals surface area contributed by atoms with E-state index in [1.54, 1.807) is 0 Å². The third-order valence-electron chi connectivity index (χ3n) is 4.47. The fraction of sp³-hybridized carbons (Fsp3) is 0.389. The molecule has 3 nitrogen and oxygen atoms in total. The predicted molar refractivity (Wildman–Crippen MR) is 86.0 cm³/mol. The van der Waals surface area contributed by atoms with Crippen molar-refractivity contribution in [2.75, 3.05) is 13.6 Å². The first-order valence-electron chi connectivity index (χ1n) is 7.62. The van der Waals surface area contributed by atoms with Gasteiger partial charge in [0.2, 0.25) is 5.91 Å². The van der Waals surface area contributed by atoms with Crippen LogP contribution in [0.15, 0.2) is 42.5 Å². The average Bonchev–Trinajstić information content (AvgIpc) is 3.32. The van der Waals surface area contributed by atoms with Gasteiger partial charge in [-0.15, -0.1) is 0 Å². The molecule has 3 rings (SSSR count). The summed E-state index contributed by atoms with van der Waals surface area (Å²) in [5.41, 5.74) is 6.89. The number of carbonyl (C=O) groups is 1. The van der Waals surface area contributed by atoms with Gasteiger partial charge < -0.3 is 10.6 Å². The standard InChI is InChI=1S/C18H22N2O/c1-20(17(12-19)15-8-9-15)18(21)11-13-6-7-14-4-2-3-5-16(14)10-13/h2-7,10,15,17H,8-9,11-12,19H2,1H3. The molecule has 110 valence electrons. The van der Waals surface area contributed by atoms with E-state index in [-0.39, 0.29) is 11.9 Å². The van der Waals surface area contributed by atoms with Gasteiger partial charge in [0.15, 0.2) is 0 Å². The Balaban J connectivity index is 1.73. The van der Waals surface area contributed by atoms with Gasteiger partial charge in [-0.05, 0) is 35.1 Å². The van der Waals surface area contributed by atoms with Gasteiger partial charge >= 0.3 is 0 Å². The molecule has 0 heterocycles. The first-order valence-corrected chi connectivity index (χ1v) is 7.62. The zero-order chi connectivity index (χ0) is 14.8. The molecule has 0 aliphatic heterocycles. The van der Waals surface area contributed by atoms with Crippen LogP contribution in [-0.4, -0.2) is 30.4 Å². The SMILES string of the molecule is CN(C(=O)Cc1ccc2ccccc2c1)C(CN)C1CC1. The van der Waals surface area contributed by atoms with E-state index in [1.807, 2.05) is 30.1 Å². The number of carbonyl (C=O) groups excluding carboxylic acids is 1. The van der Waals surface area contributed by atoms with Crippen LogP contribution in [0.25, 0.3) is 10.8 Å². The summed E-state index contributed by atoms with van der Waals surface area (Å²) in [6, 6.07) is 14.7. The predicted octanol–water partition coefficient (Wildman–Crippen LogP) is 2.58. The molecule has 1 amide bonds. The van der Waals surface area contributed by atoms with E-state index in [0.29, 0.717) is 18.9 Å². The molecule has 0 spiro atoms. The Bertz CT molecular complexity index is 648. The molecule has 0 saturated heterocycles. The number of nitrogens with zero attached hydrogens (tertiary/aromatic N) is 1. The second-order valence-electron chi connectivity index (χ2n) is 6.00. The Morgan fingerprint density at radius 3 is 2.62 bits per heavy atom. The molecule has 0 radical (unpaired) electrons. The normalized spacial score (nSPS) is 15.9. The van der Waals surface area contributed by atoms with Crippen LogP contribution < -0.4 is 5.73 Å². The Morgan fingerprint density at radius 1 is 1.24 bits per heavy atom. The van der Waals surface area contributed by atoms with Crippen molar-refractivity contribution in [1.29, 1.82) is 0 Å². The van der Waals surface area contributed by atoms with Crippen LogP contribution in [-0.2, 0) is 11.2 Å². The molecule has 3 heteroatoms. The number of nitrogens with two attached hydrogens (primary N) is 1. The van der Waals surface area contributed by atoms with E-state index < -0.39 is 0 Å². The van der Waals surface area contributed by atoms with Gasteiger partial charge in [-0.3, -0.25) is 4.79 Å². The molecule has 0 bridgehead atoms. The molecule has 2 N–H and O–H groups in total. The van der Waals surface area contributed by atoms with Crippen molar-refractivity contribution in [3.8, 4) is 0 Å². The van der Waals surface area contributed by atoms with Crippen molar-refractivity contribution in [2.24, 2.45) is 11.7 Å². The van der Waals surface area contributed by atoms with Crippen molar-refractivity contribution in [3.05, 3.63) is 48.0 Å². The van der Waals surface area contributed by atoms with E-state index in [9.17, 15) is 4.79 Å². The molecule has 0 aromatic heterocycles. The van der Waals surface area contributed by atoms with Gasteiger partial charge in [-0.25, -0.2) is 0 Å². The third-order valence-corrected chi connectivity index (χ3v) is 4.47. The van der Waals surface area contributed by atoms with Crippen LogP contribution in [0.2, 0.25) is 0 Å². The van der Waals surface area contributed by atoms with Crippen LogP contribution in [0, 0.1) is 5.92 Å². The van der Waals surface area contributed by atoms with E-state index in [4.69, 9.17) is 5.73 Å². The minimum Gasteiger partial charge on any atom is -0.341 e. The summed E-state index contributed by atoms with van der Waals surface area (Å²) in [6.45, 7) is 0.560. The zero-order valence-corrected chi connectivity index (χ0v) is 12.5. The minimum atomic E-state index is 0.160. The van der Waals surface area contributed by atoms with Crippen molar-refractivity contribution in [2.45, 2.75) is 25.3 Å². The number of rotatable bonds is 5. The van der Waals surface area contributed by atoms with Gasteiger partial charge in [0.1, 0.15) is 0 Å². The number of amides is 1. The first kappa shape index (κ1) is 14.1. The largest absolute Gasteiger partial charge is 0.341 e. The fourth-order valence-electron chi connectivity index (χ4n) is 2.98. The lowest BCUT2D eigenvalue weighted by Crippen LogP contribution is -2.43. The molecule has 1 unspecified atom stereocenters. The lowest BCUT2D eigenvalue weighted by Gasteiger charge is -2.27. The van der Waals surface area contributed by atoms with Crippen molar-refractivity contribution < 1.29 is 4.79 Å². The monoisotopic (exact) mass is 282 g/mol. The zero-order valence-electron chi connectivity index (χ0n) is 12.5. The third kappa shape index (κ3) is 3.08. The van der Waals surface area contributed by atoms with Crippen molar-refractivity contribution in [3.63, 3.8) is 0 Å². The van der Waals surface area contributed by atoms with Gasteiger partial charge in [-0.1, -0.05) is 42.5 Å². The number of hydrogen-bond acceptors (Lipinski definition) is 2. The van der Waals surface area contributed by atoms with E-state index in [2.05, 4.69) is 24.3 Å². The maximum Gasteiger partial charge on any atom is 0.227 e. The van der Waals surface area contributed by atoms with Crippen LogP contribution in [0.4, 0.5) is 0 Å². The molecule has 1 aliphatic rings. The summed E-state index contributed by atoms with van der Waals surface area (Å²) in [7, 11) is 1.89. The Morgan fingerprint density at radius 2 is 1.95 bits per heavy atom. The maximum atomic E-state index is 12.5. The molecule has 1 saturated carbocycles. The molecule has 1 fully saturated rings. The highest BCUT2D eigenvalue weighted by Gasteiger charge is 2.34. The highest BCUT2D eigenvalue weighted by molar-refractivity contribution is 5.85. The Labute approximate surface area is 125 Å². The fourth-order valence-corrected chi connectivity index (χ4v) is 2.98. The van der Waals surface area contributed by atoms with Crippen LogP contribution in [0.3, 0.4) is 0 Å². The first-order chi connectivity index (χ1) is 10.2. The lowest BCUT2D eigenvalue weighted by atomic mass is 10.0. The highest BCUT2D eigenvalue weighted by Crippen LogP contribution is 2.34. The summed E-state index contributed by atoms with van der Waals surface area (Å²) in [5.74, 6) is 0.771. The van der Waals surface area contributed by atoms with Gasteiger partial charge in [0.05, 0.1) is 6.42 Å². The summed E-state index contributed by atoms with van der Waals surface area (Å²) >= 11 is 0. The topological polar surface area (TPSA) is 46.3 Å². The smallest absolute Gasteiger partial charge is 0.227 e. The molecule has 1 atom stereocenters. The lowest BCUT2D eigenvalue weighted by molar-refractivity contribution is -0.131. The summed E-state index contributed by atoms with van der Waals surface area (Å²) in [6.07, 6.45) is 2.86. The minimum absolute atomic E-state index is 0.160. The van der Waals surface area contributed by atoms with E-state index >= 15 is 0 Å². The highest BCUT2D eigenvalue weighted by atomic mass is 16.2. The van der Waals surface area contributed by atoms with Gasteiger partial charge in [0, 0.05) is 19.6 Å². The number of fused-ring (bicyclic) bond motifs is 1. The van der Waals surface area contributed by atoms with Crippen LogP contribution in [0.5, 0.6) is 0 Å². The van der Waals surface area contributed by atoms with Gasteiger partial charge in [0.25, 0.3) is 0 Å².